The van der Waals surface area contributed by atoms with Gasteiger partial charge in [-0.15, -0.1) is 0 Å². The van der Waals surface area contributed by atoms with Crippen LogP contribution in [0.25, 0.3) is 11.2 Å². The summed E-state index contributed by atoms with van der Waals surface area (Å²) in [5, 5.41) is 3.49. The van der Waals surface area contributed by atoms with Crippen LogP contribution in [0.1, 0.15) is 25.1 Å². The number of pyridine rings is 1. The lowest BCUT2D eigenvalue weighted by Gasteiger charge is -2.24. The van der Waals surface area contributed by atoms with E-state index in [1.165, 1.54) is 12.8 Å². The van der Waals surface area contributed by atoms with E-state index in [4.69, 9.17) is 9.72 Å². The van der Waals surface area contributed by atoms with Gasteiger partial charge < -0.3 is 14.6 Å². The first kappa shape index (κ1) is 14.5. The SMILES string of the molecule is COCCCc1nc2cccnc2n1CC1CCCNC1. The third kappa shape index (κ3) is 3.41. The van der Waals surface area contributed by atoms with Crippen molar-refractivity contribution < 1.29 is 4.74 Å². The Labute approximate surface area is 125 Å². The lowest BCUT2D eigenvalue weighted by molar-refractivity contribution is 0.194. The highest BCUT2D eigenvalue weighted by molar-refractivity contribution is 5.71. The van der Waals surface area contributed by atoms with Crippen molar-refractivity contribution in [1.82, 2.24) is 19.9 Å². The molecule has 2 aromatic rings. The Morgan fingerprint density at radius 3 is 3.24 bits per heavy atom. The third-order valence-corrected chi connectivity index (χ3v) is 4.17. The molecule has 0 aliphatic carbocycles. The highest BCUT2D eigenvalue weighted by Gasteiger charge is 2.18. The largest absolute Gasteiger partial charge is 0.385 e. The summed E-state index contributed by atoms with van der Waals surface area (Å²) in [5.74, 6) is 1.82. The van der Waals surface area contributed by atoms with Crippen molar-refractivity contribution in [1.29, 1.82) is 0 Å². The molecule has 1 N–H and O–H groups in total. The van der Waals surface area contributed by atoms with E-state index < -0.39 is 0 Å². The second-order valence-electron chi connectivity index (χ2n) is 5.79. The highest BCUT2D eigenvalue weighted by Crippen LogP contribution is 2.20. The molecule has 2 aromatic heterocycles. The molecular formula is C16H24N4O. The molecule has 1 saturated heterocycles. The molecule has 0 saturated carbocycles. The maximum absolute atomic E-state index is 5.16. The topological polar surface area (TPSA) is 52.0 Å². The normalized spacial score (nSPS) is 19.2. The summed E-state index contributed by atoms with van der Waals surface area (Å²) in [6.07, 6.45) is 6.37. The van der Waals surface area contributed by atoms with Crippen molar-refractivity contribution >= 4 is 11.2 Å². The molecule has 21 heavy (non-hydrogen) atoms. The number of imidazole rings is 1. The molecule has 5 nitrogen and oxygen atoms in total. The van der Waals surface area contributed by atoms with Crippen LogP contribution in [0.15, 0.2) is 18.3 Å². The van der Waals surface area contributed by atoms with Crippen LogP contribution in [0.4, 0.5) is 0 Å². The molecule has 1 aliphatic heterocycles. The fraction of sp³-hybridized carbons (Fsp3) is 0.625. The Kier molecular flexibility index (Phi) is 4.83. The van der Waals surface area contributed by atoms with E-state index in [9.17, 15) is 0 Å². The van der Waals surface area contributed by atoms with Crippen LogP contribution in [0.2, 0.25) is 0 Å². The fourth-order valence-electron chi connectivity index (χ4n) is 3.10. The number of nitrogens with one attached hydrogen (secondary N) is 1. The lowest BCUT2D eigenvalue weighted by Crippen LogP contribution is -2.32. The Balaban J connectivity index is 1.83. The first-order valence-electron chi connectivity index (χ1n) is 7.88. The Morgan fingerprint density at radius 2 is 2.43 bits per heavy atom. The first-order valence-corrected chi connectivity index (χ1v) is 7.88. The van der Waals surface area contributed by atoms with E-state index in [1.54, 1.807) is 7.11 Å². The van der Waals surface area contributed by atoms with Crippen LogP contribution in [-0.2, 0) is 17.7 Å². The van der Waals surface area contributed by atoms with Gasteiger partial charge in [0.05, 0.1) is 0 Å². The predicted molar refractivity (Wildman–Crippen MR) is 83.3 cm³/mol. The van der Waals surface area contributed by atoms with Gasteiger partial charge in [-0.05, 0) is 50.4 Å². The number of rotatable bonds is 6. The summed E-state index contributed by atoms with van der Waals surface area (Å²) >= 11 is 0. The zero-order valence-corrected chi connectivity index (χ0v) is 12.7. The smallest absolute Gasteiger partial charge is 0.159 e. The number of aryl methyl sites for hydroxylation is 1. The van der Waals surface area contributed by atoms with Gasteiger partial charge in [0.1, 0.15) is 11.3 Å². The Hall–Kier alpha value is -1.46. The van der Waals surface area contributed by atoms with Crippen molar-refractivity contribution in [3.8, 4) is 0 Å². The predicted octanol–water partition coefficient (Wildman–Crippen LogP) is 2.01. The Bertz CT molecular complexity index is 575. The van der Waals surface area contributed by atoms with Crippen molar-refractivity contribution in [2.45, 2.75) is 32.2 Å². The summed E-state index contributed by atoms with van der Waals surface area (Å²) < 4.78 is 7.49. The molecule has 0 bridgehead atoms. The van der Waals surface area contributed by atoms with Crippen molar-refractivity contribution in [3.63, 3.8) is 0 Å². The van der Waals surface area contributed by atoms with Gasteiger partial charge in [-0.2, -0.15) is 0 Å². The number of nitrogens with zero attached hydrogens (tertiary/aromatic N) is 3. The van der Waals surface area contributed by atoms with Gasteiger partial charge in [0.2, 0.25) is 0 Å². The van der Waals surface area contributed by atoms with Crippen molar-refractivity contribution in [2.24, 2.45) is 5.92 Å². The first-order chi connectivity index (χ1) is 10.4. The van der Waals surface area contributed by atoms with Crippen molar-refractivity contribution in [3.05, 3.63) is 24.2 Å². The maximum Gasteiger partial charge on any atom is 0.159 e. The average Bonchev–Trinajstić information content (AvgIpc) is 2.87. The molecule has 0 aromatic carbocycles. The van der Waals surface area contributed by atoms with Gasteiger partial charge >= 0.3 is 0 Å². The number of fused-ring (bicyclic) bond motifs is 1. The van der Waals surface area contributed by atoms with Gasteiger partial charge in [-0.25, -0.2) is 9.97 Å². The van der Waals surface area contributed by atoms with E-state index in [1.807, 2.05) is 12.3 Å². The summed E-state index contributed by atoms with van der Waals surface area (Å²) in [6, 6.07) is 4.01. The second-order valence-corrected chi connectivity index (χ2v) is 5.79. The molecule has 3 heterocycles. The summed E-state index contributed by atoms with van der Waals surface area (Å²) in [7, 11) is 1.75. The quantitative estimate of drug-likeness (QED) is 0.826. The van der Waals surface area contributed by atoms with Gasteiger partial charge in [-0.1, -0.05) is 0 Å². The number of ether oxygens (including phenoxy) is 1. The minimum Gasteiger partial charge on any atom is -0.385 e. The summed E-state index contributed by atoms with van der Waals surface area (Å²) in [4.78, 5) is 9.32. The molecule has 0 amide bonds. The van der Waals surface area contributed by atoms with Gasteiger partial charge in [0, 0.05) is 32.9 Å². The zero-order chi connectivity index (χ0) is 14.5. The van der Waals surface area contributed by atoms with Crippen LogP contribution in [0, 0.1) is 5.92 Å². The van der Waals surface area contributed by atoms with E-state index in [0.29, 0.717) is 5.92 Å². The minimum absolute atomic E-state index is 0.680. The Morgan fingerprint density at radius 1 is 1.48 bits per heavy atom. The molecule has 5 heteroatoms. The minimum atomic E-state index is 0.680. The van der Waals surface area contributed by atoms with Crippen LogP contribution in [-0.4, -0.2) is 41.3 Å². The lowest BCUT2D eigenvalue weighted by atomic mass is 9.99. The summed E-state index contributed by atoms with van der Waals surface area (Å²) in [5.41, 5.74) is 2.03. The molecule has 1 unspecified atom stereocenters. The van der Waals surface area contributed by atoms with Crippen LogP contribution >= 0.6 is 0 Å². The molecule has 0 spiro atoms. The van der Waals surface area contributed by atoms with E-state index >= 15 is 0 Å². The molecule has 1 fully saturated rings. The molecule has 3 rings (SSSR count). The molecule has 0 radical (unpaired) electrons. The standard InChI is InChI=1S/C16H24N4O/c1-21-10-4-7-15-19-14-6-3-9-18-16(14)20(15)12-13-5-2-8-17-11-13/h3,6,9,13,17H,2,4-5,7-8,10-12H2,1H3. The second kappa shape index (κ2) is 7.00. The van der Waals surface area contributed by atoms with Gasteiger partial charge in [0.15, 0.2) is 5.65 Å². The average molecular weight is 288 g/mol. The molecule has 114 valence electrons. The van der Waals surface area contributed by atoms with E-state index in [-0.39, 0.29) is 0 Å². The van der Waals surface area contributed by atoms with Crippen LogP contribution < -0.4 is 5.32 Å². The summed E-state index contributed by atoms with van der Waals surface area (Å²) in [6.45, 7) is 4.05. The van der Waals surface area contributed by atoms with Gasteiger partial charge in [0.25, 0.3) is 0 Å². The number of piperidine rings is 1. The van der Waals surface area contributed by atoms with Crippen LogP contribution in [0.5, 0.6) is 0 Å². The number of hydrogen-bond acceptors (Lipinski definition) is 4. The fourth-order valence-corrected chi connectivity index (χ4v) is 3.10. The third-order valence-electron chi connectivity index (χ3n) is 4.17. The number of hydrogen-bond donors (Lipinski definition) is 1. The van der Waals surface area contributed by atoms with Crippen molar-refractivity contribution in [2.75, 3.05) is 26.8 Å². The molecule has 1 aliphatic rings. The number of aromatic nitrogens is 3. The monoisotopic (exact) mass is 288 g/mol. The molecular weight excluding hydrogens is 264 g/mol. The zero-order valence-electron chi connectivity index (χ0n) is 12.7. The van der Waals surface area contributed by atoms with E-state index in [0.717, 1.165) is 56.1 Å². The maximum atomic E-state index is 5.16. The van der Waals surface area contributed by atoms with E-state index in [2.05, 4.69) is 20.9 Å². The van der Waals surface area contributed by atoms with Gasteiger partial charge in [-0.3, -0.25) is 0 Å². The highest BCUT2D eigenvalue weighted by atomic mass is 16.5. The number of methoxy groups -OCH3 is 1. The molecule has 1 atom stereocenters. The van der Waals surface area contributed by atoms with Crippen LogP contribution in [0.3, 0.4) is 0 Å².